The van der Waals surface area contributed by atoms with Crippen molar-refractivity contribution in [1.29, 1.82) is 0 Å². The molecule has 2 nitrogen and oxygen atoms in total. The van der Waals surface area contributed by atoms with Crippen LogP contribution in [0.25, 0.3) is 10.8 Å². The van der Waals surface area contributed by atoms with Crippen LogP contribution >= 0.6 is 0 Å². The van der Waals surface area contributed by atoms with Crippen LogP contribution in [0.3, 0.4) is 0 Å². The van der Waals surface area contributed by atoms with E-state index in [1.165, 1.54) is 16.3 Å². The molecule has 92 valence electrons. The van der Waals surface area contributed by atoms with E-state index in [9.17, 15) is 0 Å². The van der Waals surface area contributed by atoms with Gasteiger partial charge in [-0.3, -0.25) is 0 Å². The first kappa shape index (κ1) is 12.5. The van der Waals surface area contributed by atoms with Gasteiger partial charge in [0.15, 0.2) is 0 Å². The third-order valence-corrected chi connectivity index (χ3v) is 2.83. The summed E-state index contributed by atoms with van der Waals surface area (Å²) in [6.07, 6.45) is 0. The molecule has 1 N–H and O–H groups in total. The van der Waals surface area contributed by atoms with Crippen LogP contribution in [0, 0.1) is 11.8 Å². The van der Waals surface area contributed by atoms with E-state index in [-0.39, 0.29) is 0 Å². The lowest BCUT2D eigenvalue weighted by atomic mass is 10.0. The fourth-order valence-electron chi connectivity index (χ4n) is 2.00. The molecule has 0 aliphatic carbocycles. The molecule has 0 amide bonds. The van der Waals surface area contributed by atoms with Crippen LogP contribution in [-0.4, -0.2) is 13.7 Å². The van der Waals surface area contributed by atoms with Crippen LogP contribution in [0.15, 0.2) is 36.4 Å². The Labute approximate surface area is 108 Å². The van der Waals surface area contributed by atoms with Crippen molar-refractivity contribution in [3.8, 4) is 17.6 Å². The molecule has 0 saturated carbocycles. The van der Waals surface area contributed by atoms with Crippen molar-refractivity contribution in [1.82, 2.24) is 5.32 Å². The predicted molar refractivity (Wildman–Crippen MR) is 75.7 cm³/mol. The number of nitrogens with one attached hydrogen (secondary N) is 1. The summed E-state index contributed by atoms with van der Waals surface area (Å²) in [6, 6.07) is 12.5. The van der Waals surface area contributed by atoms with Gasteiger partial charge in [-0.2, -0.15) is 0 Å². The number of benzene rings is 2. The van der Waals surface area contributed by atoms with E-state index >= 15 is 0 Å². The zero-order valence-electron chi connectivity index (χ0n) is 10.8. The van der Waals surface area contributed by atoms with E-state index in [4.69, 9.17) is 4.74 Å². The Kier molecular flexibility index (Phi) is 4.22. The molecule has 2 heteroatoms. The normalized spacial score (nSPS) is 9.89. The molecule has 0 saturated heterocycles. The van der Waals surface area contributed by atoms with Crippen molar-refractivity contribution in [3.63, 3.8) is 0 Å². The molecule has 0 aromatic heterocycles. The van der Waals surface area contributed by atoms with E-state index in [0.717, 1.165) is 12.3 Å². The molecule has 2 rings (SSSR count). The maximum atomic E-state index is 5.72. The molecule has 0 fully saturated rings. The second-order valence-corrected chi connectivity index (χ2v) is 4.01. The Morgan fingerprint density at radius 2 is 2.00 bits per heavy atom. The number of hydrogen-bond acceptors (Lipinski definition) is 2. The smallest absolute Gasteiger partial charge is 0.149 e. The first-order valence-corrected chi connectivity index (χ1v) is 6.04. The number of fused-ring (bicyclic) bond motifs is 1. The minimum Gasteiger partial charge on any atom is -0.481 e. The second-order valence-electron chi connectivity index (χ2n) is 4.01. The molecule has 2 aromatic carbocycles. The predicted octanol–water partition coefficient (Wildman–Crippen LogP) is 2.96. The zero-order valence-corrected chi connectivity index (χ0v) is 10.8. The van der Waals surface area contributed by atoms with Crippen molar-refractivity contribution in [2.24, 2.45) is 0 Å². The topological polar surface area (TPSA) is 21.3 Å². The van der Waals surface area contributed by atoms with Gasteiger partial charge in [0.2, 0.25) is 0 Å². The highest BCUT2D eigenvalue weighted by Crippen LogP contribution is 2.27. The van der Waals surface area contributed by atoms with Gasteiger partial charge in [-0.05, 0) is 30.8 Å². The van der Waals surface area contributed by atoms with Gasteiger partial charge < -0.3 is 10.1 Å². The third-order valence-electron chi connectivity index (χ3n) is 2.83. The molecular formula is C16H17NO. The van der Waals surface area contributed by atoms with Gasteiger partial charge in [0.25, 0.3) is 0 Å². The van der Waals surface area contributed by atoms with Crippen molar-refractivity contribution < 1.29 is 4.74 Å². The molecule has 0 aliphatic rings. The van der Waals surface area contributed by atoms with Gasteiger partial charge in [-0.1, -0.05) is 36.3 Å². The molecule has 2 aromatic rings. The minimum absolute atomic E-state index is 0.436. The molecule has 0 spiro atoms. The number of rotatable bonds is 4. The van der Waals surface area contributed by atoms with Crippen LogP contribution in [-0.2, 0) is 6.54 Å². The van der Waals surface area contributed by atoms with E-state index in [2.05, 4.69) is 47.5 Å². The maximum Gasteiger partial charge on any atom is 0.149 e. The van der Waals surface area contributed by atoms with Crippen molar-refractivity contribution >= 4 is 10.8 Å². The lowest BCUT2D eigenvalue weighted by Gasteiger charge is -2.12. The first-order valence-electron chi connectivity index (χ1n) is 6.04. The fraction of sp³-hybridized carbons (Fsp3) is 0.250. The summed E-state index contributed by atoms with van der Waals surface area (Å²) in [4.78, 5) is 0. The first-order chi connectivity index (χ1) is 8.86. The van der Waals surface area contributed by atoms with Crippen LogP contribution in [0.2, 0.25) is 0 Å². The lowest BCUT2D eigenvalue weighted by molar-refractivity contribution is 0.366. The molecule has 0 radical (unpaired) electrons. The highest BCUT2D eigenvalue weighted by Gasteiger charge is 2.07. The van der Waals surface area contributed by atoms with E-state index in [1.54, 1.807) is 0 Å². The van der Waals surface area contributed by atoms with Gasteiger partial charge in [0.1, 0.15) is 12.4 Å². The Morgan fingerprint density at radius 3 is 2.78 bits per heavy atom. The monoisotopic (exact) mass is 239 g/mol. The average molecular weight is 239 g/mol. The molecule has 0 unspecified atom stereocenters. The Balaban J connectivity index is 2.43. The second kappa shape index (κ2) is 6.09. The van der Waals surface area contributed by atoms with Gasteiger partial charge in [-0.15, -0.1) is 5.92 Å². The summed E-state index contributed by atoms with van der Waals surface area (Å²) in [7, 11) is 1.94. The van der Waals surface area contributed by atoms with E-state index in [1.807, 2.05) is 20.0 Å². The van der Waals surface area contributed by atoms with Crippen molar-refractivity contribution in [2.45, 2.75) is 13.5 Å². The Morgan fingerprint density at radius 1 is 1.17 bits per heavy atom. The molecule has 0 bridgehead atoms. The Hall–Kier alpha value is -1.98. The van der Waals surface area contributed by atoms with Gasteiger partial charge in [0.05, 0.1) is 0 Å². The quantitative estimate of drug-likeness (QED) is 0.828. The van der Waals surface area contributed by atoms with Crippen LogP contribution in [0.5, 0.6) is 5.75 Å². The molecule has 0 atom stereocenters. The van der Waals surface area contributed by atoms with Gasteiger partial charge in [0, 0.05) is 12.1 Å². The summed E-state index contributed by atoms with van der Waals surface area (Å²) in [5.41, 5.74) is 1.19. The summed E-state index contributed by atoms with van der Waals surface area (Å²) < 4.78 is 5.72. The Bertz CT molecular complexity index is 593. The van der Waals surface area contributed by atoms with Gasteiger partial charge in [-0.25, -0.2) is 0 Å². The standard InChI is InChI=1S/C16H17NO/c1-3-4-11-18-16-10-9-13-7-5-6-8-14(13)15(16)12-17-2/h5-10,17H,11-12H2,1-2H3. The highest BCUT2D eigenvalue weighted by molar-refractivity contribution is 5.87. The lowest BCUT2D eigenvalue weighted by Crippen LogP contribution is -2.08. The fourth-order valence-corrected chi connectivity index (χ4v) is 2.00. The minimum atomic E-state index is 0.436. The van der Waals surface area contributed by atoms with E-state index in [0.29, 0.717) is 6.61 Å². The average Bonchev–Trinajstić information content (AvgIpc) is 2.41. The molecular weight excluding hydrogens is 222 g/mol. The summed E-state index contributed by atoms with van der Waals surface area (Å²) in [5.74, 6) is 6.67. The maximum absolute atomic E-state index is 5.72. The molecule has 0 heterocycles. The van der Waals surface area contributed by atoms with Crippen LogP contribution in [0.4, 0.5) is 0 Å². The SMILES string of the molecule is CC#CCOc1ccc2ccccc2c1CNC. The summed E-state index contributed by atoms with van der Waals surface area (Å²) in [6.45, 7) is 3.04. The van der Waals surface area contributed by atoms with E-state index < -0.39 is 0 Å². The summed E-state index contributed by atoms with van der Waals surface area (Å²) >= 11 is 0. The number of ether oxygens (including phenoxy) is 1. The molecule has 0 aliphatic heterocycles. The van der Waals surface area contributed by atoms with Crippen LogP contribution in [0.1, 0.15) is 12.5 Å². The number of hydrogen-bond donors (Lipinski definition) is 1. The molecule has 18 heavy (non-hydrogen) atoms. The third kappa shape index (κ3) is 2.64. The van der Waals surface area contributed by atoms with Crippen molar-refractivity contribution in [2.75, 3.05) is 13.7 Å². The largest absolute Gasteiger partial charge is 0.481 e. The summed E-state index contributed by atoms with van der Waals surface area (Å²) in [5, 5.41) is 5.65. The zero-order chi connectivity index (χ0) is 12.8. The highest BCUT2D eigenvalue weighted by atomic mass is 16.5. The van der Waals surface area contributed by atoms with Crippen molar-refractivity contribution in [3.05, 3.63) is 42.0 Å². The van der Waals surface area contributed by atoms with Gasteiger partial charge >= 0.3 is 0 Å². The van der Waals surface area contributed by atoms with Crippen LogP contribution < -0.4 is 10.1 Å².